The molecular formula is C38H48N4. The maximum Gasteiger partial charge on any atom is 0.0686 e. The third kappa shape index (κ3) is 4.31. The highest BCUT2D eigenvalue weighted by atomic mass is 14.8. The second kappa shape index (κ2) is 10.2. The number of aromatic nitrogens is 2. The largest absolute Gasteiger partial charge is 0.358 e. The van der Waals surface area contributed by atoms with E-state index in [1.165, 1.54) is 124 Å². The van der Waals surface area contributed by atoms with Crippen molar-refractivity contribution in [3.63, 3.8) is 0 Å². The van der Waals surface area contributed by atoms with E-state index < -0.39 is 0 Å². The molecule has 2 aliphatic carbocycles. The first kappa shape index (κ1) is 27.7. The van der Waals surface area contributed by atoms with Crippen molar-refractivity contribution in [2.24, 2.45) is 21.8 Å². The topological polar surface area (TPSA) is 56.3 Å². The fourth-order valence-electron chi connectivity index (χ4n) is 8.69. The summed E-state index contributed by atoms with van der Waals surface area (Å²) < 4.78 is 0. The average molecular weight is 561 g/mol. The van der Waals surface area contributed by atoms with Gasteiger partial charge in [-0.05, 0) is 162 Å². The molecule has 2 saturated carbocycles. The van der Waals surface area contributed by atoms with E-state index in [0.717, 1.165) is 17.8 Å². The number of nitrogens with zero attached hydrogens (tertiary/aromatic N) is 2. The van der Waals surface area contributed by atoms with Crippen molar-refractivity contribution < 1.29 is 0 Å². The minimum Gasteiger partial charge on any atom is -0.358 e. The quantitative estimate of drug-likeness (QED) is 0.322. The van der Waals surface area contributed by atoms with Crippen molar-refractivity contribution in [2.45, 2.75) is 119 Å². The maximum absolute atomic E-state index is 5.37. The van der Waals surface area contributed by atoms with Crippen LogP contribution in [0.1, 0.15) is 136 Å². The molecule has 42 heavy (non-hydrogen) atoms. The molecule has 4 heteroatoms. The van der Waals surface area contributed by atoms with Crippen LogP contribution in [-0.4, -0.2) is 21.4 Å². The lowest BCUT2D eigenvalue weighted by Gasteiger charge is -2.30. The number of H-pyrrole nitrogens is 2. The van der Waals surface area contributed by atoms with Crippen molar-refractivity contribution in [1.29, 1.82) is 0 Å². The van der Waals surface area contributed by atoms with Crippen molar-refractivity contribution in [2.75, 3.05) is 0 Å². The van der Waals surface area contributed by atoms with Crippen LogP contribution in [0.2, 0.25) is 0 Å². The fraction of sp³-hybridized carbons (Fsp3) is 0.526. The first-order chi connectivity index (χ1) is 20.1. The lowest BCUT2D eigenvalue weighted by atomic mass is 9.74. The fourth-order valence-corrected chi connectivity index (χ4v) is 8.69. The summed E-state index contributed by atoms with van der Waals surface area (Å²) >= 11 is 0. The van der Waals surface area contributed by atoms with Gasteiger partial charge in [-0.2, -0.15) is 0 Å². The molecular weight excluding hydrogens is 512 g/mol. The first-order valence-corrected chi connectivity index (χ1v) is 16.5. The van der Waals surface area contributed by atoms with Gasteiger partial charge in [-0.25, -0.2) is 0 Å². The van der Waals surface area contributed by atoms with E-state index in [9.17, 15) is 0 Å². The normalized spacial score (nSPS) is 28.9. The number of nitrogens with one attached hydrogen (secondary N) is 2. The van der Waals surface area contributed by atoms with Crippen LogP contribution in [0.4, 0.5) is 0 Å². The molecule has 220 valence electrons. The highest BCUT2D eigenvalue weighted by Gasteiger charge is 2.35. The SMILES string of the molecule is CC1=C(C)C2=NC1=Cc1[nH]c(c(C)c1C)[C@H]1CCC[C@H](C1)c1[nH]c(c(C)c1C)/C=C1\N=C(C(C)=C1C)[C@H]1CCC[C@H]2C1. The minimum absolute atomic E-state index is 0.496. The third-order valence-corrected chi connectivity index (χ3v) is 11.9. The molecule has 3 aliphatic heterocycles. The van der Waals surface area contributed by atoms with Crippen LogP contribution < -0.4 is 0 Å². The van der Waals surface area contributed by atoms with Gasteiger partial charge in [0.15, 0.2) is 0 Å². The summed E-state index contributed by atoms with van der Waals surface area (Å²) in [4.78, 5) is 18.6. The van der Waals surface area contributed by atoms with Crippen LogP contribution in [-0.2, 0) is 0 Å². The van der Waals surface area contributed by atoms with Crippen LogP contribution in [0.3, 0.4) is 0 Å². The molecule has 2 fully saturated rings. The standard InChI is InChI=1S/C38H48N4/c1-19-23(5)35-27-11-9-12-28(15-27)37-25(7)21(3)33(41-37)18-34-22(4)26(8)38(42-34)30-14-10-13-29(16-30)36-24(6)20(2)32(40-36)17-31(19)39-35/h17-18,27-30,39,41H,9-16H2,1-8H3/b32-17-,34-18?/t27-,28+,29+,30+/m1/s1. The van der Waals surface area contributed by atoms with Crippen molar-refractivity contribution in [3.8, 4) is 0 Å². The van der Waals surface area contributed by atoms with Gasteiger partial charge in [0.05, 0.1) is 11.4 Å². The van der Waals surface area contributed by atoms with Gasteiger partial charge in [-0.15, -0.1) is 0 Å². The predicted octanol–water partition coefficient (Wildman–Crippen LogP) is 10.1. The van der Waals surface area contributed by atoms with E-state index in [-0.39, 0.29) is 0 Å². The molecule has 7 rings (SSSR count). The van der Waals surface area contributed by atoms with Crippen molar-refractivity contribution >= 4 is 23.6 Å². The van der Waals surface area contributed by atoms with E-state index in [4.69, 9.17) is 9.98 Å². The van der Waals surface area contributed by atoms with E-state index in [1.54, 1.807) is 0 Å². The Morgan fingerprint density at radius 2 is 0.881 bits per heavy atom. The smallest absolute Gasteiger partial charge is 0.0686 e. The van der Waals surface area contributed by atoms with Gasteiger partial charge in [0, 0.05) is 46.0 Å². The highest BCUT2D eigenvalue weighted by molar-refractivity contribution is 6.09. The van der Waals surface area contributed by atoms with Gasteiger partial charge < -0.3 is 9.97 Å². The zero-order chi connectivity index (χ0) is 29.4. The van der Waals surface area contributed by atoms with Crippen LogP contribution in [0, 0.1) is 39.5 Å². The summed E-state index contributed by atoms with van der Waals surface area (Å²) in [6.45, 7) is 18.4. The van der Waals surface area contributed by atoms with Crippen LogP contribution >= 0.6 is 0 Å². The number of aliphatic imine (C=N–C) groups is 2. The molecule has 2 aromatic heterocycles. The highest BCUT2D eigenvalue weighted by Crippen LogP contribution is 2.45. The van der Waals surface area contributed by atoms with Gasteiger partial charge in [0.1, 0.15) is 0 Å². The number of hydrogen-bond acceptors (Lipinski definition) is 2. The van der Waals surface area contributed by atoms with Gasteiger partial charge in [-0.1, -0.05) is 12.8 Å². The van der Waals surface area contributed by atoms with E-state index >= 15 is 0 Å². The van der Waals surface area contributed by atoms with Gasteiger partial charge in [0.2, 0.25) is 0 Å². The number of fused-ring (bicyclic) bond motifs is 14. The maximum atomic E-state index is 5.37. The molecule has 0 unspecified atom stereocenters. The molecule has 0 amide bonds. The average Bonchev–Trinajstić information content (AvgIpc) is 3.64. The lowest BCUT2D eigenvalue weighted by molar-refractivity contribution is 0.383. The zero-order valence-electron chi connectivity index (χ0n) is 27.0. The lowest BCUT2D eigenvalue weighted by Crippen LogP contribution is -2.27. The number of rotatable bonds is 0. The molecule has 0 aromatic carbocycles. The second-order valence-electron chi connectivity index (χ2n) is 14.1. The first-order valence-electron chi connectivity index (χ1n) is 16.5. The van der Waals surface area contributed by atoms with Crippen molar-refractivity contribution in [3.05, 3.63) is 78.7 Å². The predicted molar refractivity (Wildman–Crippen MR) is 178 cm³/mol. The summed E-state index contributed by atoms with van der Waals surface area (Å²) in [7, 11) is 0. The molecule has 0 radical (unpaired) electrons. The van der Waals surface area contributed by atoms with Crippen molar-refractivity contribution in [1.82, 2.24) is 9.97 Å². The van der Waals surface area contributed by atoms with Crippen LogP contribution in [0.25, 0.3) is 12.2 Å². The van der Waals surface area contributed by atoms with E-state index in [0.29, 0.717) is 23.7 Å². The zero-order valence-corrected chi connectivity index (χ0v) is 27.0. The summed E-state index contributed by atoms with van der Waals surface area (Å²) in [6.07, 6.45) is 14.5. The Hall–Kier alpha value is -3.14. The molecule has 5 aliphatic rings. The molecule has 2 N–H and O–H groups in total. The van der Waals surface area contributed by atoms with Gasteiger partial charge >= 0.3 is 0 Å². The summed E-state index contributed by atoms with van der Waals surface area (Å²) in [5, 5.41) is 0. The molecule has 2 aromatic rings. The number of allylic oxidation sites excluding steroid dienone is 4. The molecule has 4 atom stereocenters. The summed E-state index contributed by atoms with van der Waals surface area (Å²) in [5.41, 5.74) is 21.4. The van der Waals surface area contributed by atoms with E-state index in [1.807, 2.05) is 0 Å². The minimum atomic E-state index is 0.496. The number of aromatic amines is 2. The molecule has 12 bridgehead atoms. The Labute approximate surface area is 252 Å². The van der Waals surface area contributed by atoms with Crippen LogP contribution in [0.15, 0.2) is 43.7 Å². The Kier molecular flexibility index (Phi) is 6.75. The second-order valence-corrected chi connectivity index (χ2v) is 14.1. The number of hydrogen-bond donors (Lipinski definition) is 2. The Bertz CT molecular complexity index is 1550. The van der Waals surface area contributed by atoms with Gasteiger partial charge in [-0.3, -0.25) is 9.98 Å². The molecule has 0 saturated heterocycles. The Morgan fingerprint density at radius 1 is 0.500 bits per heavy atom. The molecule has 5 heterocycles. The van der Waals surface area contributed by atoms with E-state index in [2.05, 4.69) is 77.5 Å². The monoisotopic (exact) mass is 560 g/mol. The van der Waals surface area contributed by atoms with Crippen LogP contribution in [0.5, 0.6) is 0 Å². The third-order valence-electron chi connectivity index (χ3n) is 11.9. The Morgan fingerprint density at radius 3 is 1.31 bits per heavy atom. The Balaban J connectivity index is 1.39. The molecule has 0 spiro atoms. The molecule has 4 nitrogen and oxygen atoms in total. The van der Waals surface area contributed by atoms with Gasteiger partial charge in [0.25, 0.3) is 0 Å². The summed E-state index contributed by atoms with van der Waals surface area (Å²) in [6, 6.07) is 0. The summed E-state index contributed by atoms with van der Waals surface area (Å²) in [5.74, 6) is 2.10.